The van der Waals surface area contributed by atoms with Crippen molar-refractivity contribution in [3.63, 3.8) is 0 Å². The van der Waals surface area contributed by atoms with Crippen LogP contribution in [-0.4, -0.2) is 33.8 Å². The van der Waals surface area contributed by atoms with E-state index >= 15 is 0 Å². The first kappa shape index (κ1) is 14.0. The summed E-state index contributed by atoms with van der Waals surface area (Å²) in [7, 11) is 4.78. The molecule has 0 aliphatic rings. The third-order valence-corrected chi connectivity index (χ3v) is 2.47. The van der Waals surface area contributed by atoms with Crippen molar-refractivity contribution < 1.29 is 14.2 Å². The third-order valence-electron chi connectivity index (χ3n) is 2.47. The summed E-state index contributed by atoms with van der Waals surface area (Å²) in [5.41, 5.74) is 11.5. The van der Waals surface area contributed by atoms with Crippen molar-refractivity contribution in [3.8, 4) is 17.2 Å². The molecule has 0 amide bonds. The lowest BCUT2D eigenvalue weighted by atomic mass is 10.1. The van der Waals surface area contributed by atoms with E-state index in [1.165, 1.54) is 0 Å². The van der Waals surface area contributed by atoms with Crippen molar-refractivity contribution in [1.29, 1.82) is 0 Å². The average molecular weight is 253 g/mol. The smallest absolute Gasteiger partial charge is 0.185 e. The van der Waals surface area contributed by atoms with Crippen LogP contribution in [0.25, 0.3) is 0 Å². The maximum absolute atomic E-state index is 5.32. The van der Waals surface area contributed by atoms with Gasteiger partial charge in [0.25, 0.3) is 0 Å². The third kappa shape index (κ3) is 3.44. The van der Waals surface area contributed by atoms with Crippen LogP contribution in [-0.2, 0) is 6.42 Å². The highest BCUT2D eigenvalue weighted by Gasteiger charge is 2.12. The van der Waals surface area contributed by atoms with Crippen LogP contribution >= 0.6 is 0 Å². The van der Waals surface area contributed by atoms with Gasteiger partial charge in [0.15, 0.2) is 5.96 Å². The molecule has 0 spiro atoms. The summed E-state index contributed by atoms with van der Waals surface area (Å²) in [4.78, 5) is 3.94. The van der Waals surface area contributed by atoms with Gasteiger partial charge in [-0.1, -0.05) is 0 Å². The maximum atomic E-state index is 5.32. The fourth-order valence-electron chi connectivity index (χ4n) is 1.62. The Bertz CT molecular complexity index is 404. The van der Waals surface area contributed by atoms with Crippen LogP contribution in [0.2, 0.25) is 0 Å². The van der Waals surface area contributed by atoms with Crippen molar-refractivity contribution in [3.05, 3.63) is 17.7 Å². The summed E-state index contributed by atoms with van der Waals surface area (Å²) in [6, 6.07) is 3.60. The highest BCUT2D eigenvalue weighted by molar-refractivity contribution is 5.75. The van der Waals surface area contributed by atoms with Gasteiger partial charge in [-0.3, -0.25) is 4.99 Å². The summed E-state index contributed by atoms with van der Waals surface area (Å²) < 4.78 is 15.8. The number of methoxy groups -OCH3 is 3. The monoisotopic (exact) mass is 253 g/mol. The molecule has 0 radical (unpaired) electrons. The van der Waals surface area contributed by atoms with Gasteiger partial charge >= 0.3 is 0 Å². The SMILES string of the molecule is COc1cc(OC)c(CCN=C(N)N)c(OC)c1. The number of nitrogens with two attached hydrogens (primary N) is 2. The van der Waals surface area contributed by atoms with Gasteiger partial charge in [0.2, 0.25) is 0 Å². The van der Waals surface area contributed by atoms with E-state index in [4.69, 9.17) is 25.7 Å². The van der Waals surface area contributed by atoms with Crippen molar-refractivity contribution >= 4 is 5.96 Å². The Hall–Kier alpha value is -2.11. The number of ether oxygens (including phenoxy) is 3. The lowest BCUT2D eigenvalue weighted by Gasteiger charge is -2.14. The lowest BCUT2D eigenvalue weighted by Crippen LogP contribution is -2.23. The molecule has 0 atom stereocenters. The first-order chi connectivity index (χ1) is 8.62. The van der Waals surface area contributed by atoms with Gasteiger partial charge in [-0.25, -0.2) is 0 Å². The molecule has 0 saturated heterocycles. The van der Waals surface area contributed by atoms with Crippen LogP contribution in [0.15, 0.2) is 17.1 Å². The molecular formula is C12H19N3O3. The van der Waals surface area contributed by atoms with Gasteiger partial charge in [-0.15, -0.1) is 0 Å². The number of hydrogen-bond donors (Lipinski definition) is 2. The second-order valence-corrected chi connectivity index (χ2v) is 3.57. The van der Waals surface area contributed by atoms with Gasteiger partial charge in [-0.05, 0) is 6.42 Å². The molecule has 6 heteroatoms. The molecule has 1 aromatic carbocycles. The van der Waals surface area contributed by atoms with E-state index < -0.39 is 0 Å². The van der Waals surface area contributed by atoms with E-state index in [1.54, 1.807) is 33.5 Å². The minimum atomic E-state index is 0.0708. The molecule has 4 N–H and O–H groups in total. The molecule has 0 bridgehead atoms. The van der Waals surface area contributed by atoms with E-state index in [1.807, 2.05) is 0 Å². The van der Waals surface area contributed by atoms with Gasteiger partial charge < -0.3 is 25.7 Å². The summed E-state index contributed by atoms with van der Waals surface area (Å²) >= 11 is 0. The molecular weight excluding hydrogens is 234 g/mol. The van der Waals surface area contributed by atoms with Crippen LogP contribution in [0.1, 0.15) is 5.56 Å². The summed E-state index contributed by atoms with van der Waals surface area (Å²) in [6.07, 6.45) is 0.619. The van der Waals surface area contributed by atoms with Crippen LogP contribution in [0.4, 0.5) is 0 Å². The molecule has 0 aromatic heterocycles. The predicted octanol–water partition coefficient (Wildman–Crippen LogP) is 0.528. The number of nitrogens with zero attached hydrogens (tertiary/aromatic N) is 1. The average Bonchev–Trinajstić information content (AvgIpc) is 2.37. The van der Waals surface area contributed by atoms with Crippen molar-refractivity contribution in [1.82, 2.24) is 0 Å². The second kappa shape index (κ2) is 6.58. The number of aliphatic imine (C=N–C) groups is 1. The lowest BCUT2D eigenvalue weighted by molar-refractivity contribution is 0.369. The molecule has 0 unspecified atom stereocenters. The minimum Gasteiger partial charge on any atom is -0.496 e. The van der Waals surface area contributed by atoms with Crippen LogP contribution in [0.3, 0.4) is 0 Å². The second-order valence-electron chi connectivity index (χ2n) is 3.57. The van der Waals surface area contributed by atoms with Gasteiger partial charge in [0, 0.05) is 24.2 Å². The zero-order valence-electron chi connectivity index (χ0n) is 10.9. The molecule has 0 heterocycles. The Balaban J connectivity index is 3.03. The Kier molecular flexibility index (Phi) is 5.10. The van der Waals surface area contributed by atoms with E-state index in [0.717, 1.165) is 5.56 Å². The Morgan fingerprint density at radius 2 is 1.61 bits per heavy atom. The number of benzene rings is 1. The number of guanidine groups is 1. The summed E-state index contributed by atoms with van der Waals surface area (Å²) in [6.45, 7) is 0.474. The standard InChI is InChI=1S/C12H19N3O3/c1-16-8-6-10(17-2)9(11(7-8)18-3)4-5-15-12(13)14/h6-7H,4-5H2,1-3H3,(H4,13,14,15). The highest BCUT2D eigenvalue weighted by Crippen LogP contribution is 2.34. The Morgan fingerprint density at radius 3 is 2.00 bits per heavy atom. The fourth-order valence-corrected chi connectivity index (χ4v) is 1.62. The summed E-state index contributed by atoms with van der Waals surface area (Å²) in [5, 5.41) is 0. The Morgan fingerprint density at radius 1 is 1.06 bits per heavy atom. The largest absolute Gasteiger partial charge is 0.496 e. The topological polar surface area (TPSA) is 92.1 Å². The number of hydrogen-bond acceptors (Lipinski definition) is 4. The van der Waals surface area contributed by atoms with Gasteiger partial charge in [0.1, 0.15) is 17.2 Å². The minimum absolute atomic E-state index is 0.0708. The normalized spacial score (nSPS) is 9.72. The van der Waals surface area contributed by atoms with Crippen molar-refractivity contribution in [2.75, 3.05) is 27.9 Å². The van der Waals surface area contributed by atoms with E-state index in [2.05, 4.69) is 4.99 Å². The van der Waals surface area contributed by atoms with E-state index in [-0.39, 0.29) is 5.96 Å². The van der Waals surface area contributed by atoms with E-state index in [9.17, 15) is 0 Å². The molecule has 0 aliphatic carbocycles. The molecule has 100 valence electrons. The first-order valence-corrected chi connectivity index (χ1v) is 5.46. The Labute approximate surface area is 107 Å². The van der Waals surface area contributed by atoms with Crippen molar-refractivity contribution in [2.45, 2.75) is 6.42 Å². The van der Waals surface area contributed by atoms with Crippen LogP contribution in [0, 0.1) is 0 Å². The van der Waals surface area contributed by atoms with E-state index in [0.29, 0.717) is 30.2 Å². The zero-order valence-corrected chi connectivity index (χ0v) is 10.9. The molecule has 6 nitrogen and oxygen atoms in total. The van der Waals surface area contributed by atoms with Gasteiger partial charge in [-0.2, -0.15) is 0 Å². The molecule has 18 heavy (non-hydrogen) atoms. The van der Waals surface area contributed by atoms with Crippen LogP contribution in [0.5, 0.6) is 17.2 Å². The first-order valence-electron chi connectivity index (χ1n) is 5.46. The van der Waals surface area contributed by atoms with Crippen molar-refractivity contribution in [2.24, 2.45) is 16.5 Å². The molecule has 1 rings (SSSR count). The highest BCUT2D eigenvalue weighted by atomic mass is 16.5. The molecule has 0 fully saturated rings. The maximum Gasteiger partial charge on any atom is 0.185 e. The van der Waals surface area contributed by atoms with Crippen LogP contribution < -0.4 is 25.7 Å². The molecule has 1 aromatic rings. The van der Waals surface area contributed by atoms with Gasteiger partial charge in [0.05, 0.1) is 21.3 Å². The zero-order chi connectivity index (χ0) is 13.5. The molecule has 0 aliphatic heterocycles. The predicted molar refractivity (Wildman–Crippen MR) is 70.5 cm³/mol. The molecule has 0 saturated carbocycles. The summed E-state index contributed by atoms with van der Waals surface area (Å²) in [5.74, 6) is 2.13. The fraction of sp³-hybridized carbons (Fsp3) is 0.417. The quantitative estimate of drug-likeness (QED) is 0.570. The number of rotatable bonds is 6.